The van der Waals surface area contributed by atoms with Crippen LogP contribution >= 0.6 is 11.3 Å². The lowest BCUT2D eigenvalue weighted by atomic mass is 9.49. The molecule has 4 bridgehead atoms. The van der Waals surface area contributed by atoms with Gasteiger partial charge in [-0.05, 0) is 80.5 Å². The van der Waals surface area contributed by atoms with Crippen molar-refractivity contribution in [3.05, 3.63) is 54.4 Å². The molecular weight excluding hydrogens is 378 g/mol. The fraction of sp³-hybridized carbons (Fsp3) is 0.458. The largest absolute Gasteiger partial charge is 0.282 e. The minimum absolute atomic E-state index is 0.179. The summed E-state index contributed by atoms with van der Waals surface area (Å²) >= 11 is 1.62. The second-order valence-corrected chi connectivity index (χ2v) is 10.4. The quantitative estimate of drug-likeness (QED) is 0.583. The summed E-state index contributed by atoms with van der Waals surface area (Å²) in [5.74, 6) is 2.54. The number of carbonyl (C=O) groups excluding carboxylic acids is 1. The average Bonchev–Trinajstić information content (AvgIpc) is 3.15. The number of benzene rings is 1. The summed E-state index contributed by atoms with van der Waals surface area (Å²) in [5, 5.41) is 0.817. The van der Waals surface area contributed by atoms with Crippen molar-refractivity contribution in [2.24, 2.45) is 23.2 Å². The maximum atomic E-state index is 14.1. The van der Waals surface area contributed by atoms with E-state index in [0.29, 0.717) is 12.5 Å². The molecule has 0 saturated heterocycles. The molecule has 1 aromatic carbocycles. The molecular formula is C24H25N3OS. The lowest BCUT2D eigenvalue weighted by molar-refractivity contribution is -0.143. The lowest BCUT2D eigenvalue weighted by Gasteiger charge is -2.56. The molecule has 4 saturated carbocycles. The maximum absolute atomic E-state index is 14.1. The Morgan fingerprint density at radius 2 is 1.69 bits per heavy atom. The first-order valence-electron chi connectivity index (χ1n) is 10.8. The number of amides is 1. The van der Waals surface area contributed by atoms with Crippen LogP contribution in [0.5, 0.6) is 0 Å². The average molecular weight is 404 g/mol. The number of pyridine rings is 1. The number of para-hydroxylation sites is 1. The first-order valence-corrected chi connectivity index (χ1v) is 11.6. The maximum Gasteiger partial charge on any atom is 0.235 e. The first kappa shape index (κ1) is 17.6. The van der Waals surface area contributed by atoms with Crippen LogP contribution in [0.1, 0.15) is 44.2 Å². The SMILES string of the molecule is O=C(N(Cc1ccccn1)c1nc2ccccc2s1)C12CC3CC(CC(C3)C1)C2. The first-order chi connectivity index (χ1) is 14.2. The number of thiazole rings is 1. The molecule has 4 aliphatic rings. The zero-order valence-corrected chi connectivity index (χ0v) is 17.3. The Balaban J connectivity index is 1.40. The molecule has 0 atom stereocenters. The summed E-state index contributed by atoms with van der Waals surface area (Å²) in [4.78, 5) is 25.5. The zero-order valence-electron chi connectivity index (χ0n) is 16.5. The van der Waals surface area contributed by atoms with Crippen molar-refractivity contribution in [2.75, 3.05) is 4.90 Å². The summed E-state index contributed by atoms with van der Waals surface area (Å²) in [6.07, 6.45) is 9.04. The van der Waals surface area contributed by atoms with Crippen molar-refractivity contribution in [3.63, 3.8) is 0 Å². The van der Waals surface area contributed by atoms with Crippen LogP contribution in [-0.4, -0.2) is 15.9 Å². The third-order valence-corrected chi connectivity index (χ3v) is 8.36. The number of fused-ring (bicyclic) bond motifs is 1. The summed E-state index contributed by atoms with van der Waals surface area (Å²) in [6.45, 7) is 0.501. The number of aromatic nitrogens is 2. The van der Waals surface area contributed by atoms with Gasteiger partial charge in [0.25, 0.3) is 0 Å². The Morgan fingerprint density at radius 3 is 2.34 bits per heavy atom. The molecule has 4 fully saturated rings. The fourth-order valence-corrected chi connectivity index (χ4v) is 7.48. The molecule has 5 heteroatoms. The van der Waals surface area contributed by atoms with Gasteiger partial charge in [-0.15, -0.1) is 0 Å². The zero-order chi connectivity index (χ0) is 19.4. The van der Waals surface area contributed by atoms with Gasteiger partial charge in [-0.25, -0.2) is 4.98 Å². The molecule has 2 aromatic heterocycles. The Hall–Kier alpha value is -2.27. The van der Waals surface area contributed by atoms with Gasteiger partial charge in [0.05, 0.1) is 27.9 Å². The van der Waals surface area contributed by atoms with Gasteiger partial charge in [0, 0.05) is 6.20 Å². The van der Waals surface area contributed by atoms with Gasteiger partial charge in [-0.1, -0.05) is 29.5 Å². The van der Waals surface area contributed by atoms with Gasteiger partial charge in [-0.3, -0.25) is 14.7 Å². The third kappa shape index (κ3) is 2.98. The van der Waals surface area contributed by atoms with Crippen LogP contribution in [0.25, 0.3) is 10.2 Å². The summed E-state index contributed by atoms with van der Waals surface area (Å²) in [7, 11) is 0. The number of nitrogens with zero attached hydrogens (tertiary/aromatic N) is 3. The van der Waals surface area contributed by atoms with Gasteiger partial charge in [0.2, 0.25) is 5.91 Å². The van der Waals surface area contributed by atoms with E-state index in [-0.39, 0.29) is 5.41 Å². The van der Waals surface area contributed by atoms with Crippen LogP contribution in [0, 0.1) is 23.2 Å². The van der Waals surface area contributed by atoms with Gasteiger partial charge in [-0.2, -0.15) is 0 Å². The highest BCUT2D eigenvalue weighted by Gasteiger charge is 2.56. The van der Waals surface area contributed by atoms with Gasteiger partial charge in [0.15, 0.2) is 5.13 Å². The van der Waals surface area contributed by atoms with Gasteiger partial charge < -0.3 is 0 Å². The lowest BCUT2D eigenvalue weighted by Crippen LogP contribution is -2.54. The smallest absolute Gasteiger partial charge is 0.235 e. The minimum atomic E-state index is -0.179. The molecule has 0 N–H and O–H groups in total. The molecule has 0 spiro atoms. The molecule has 4 aliphatic carbocycles. The van der Waals surface area contributed by atoms with Crippen LogP contribution in [0.2, 0.25) is 0 Å². The third-order valence-electron chi connectivity index (χ3n) is 7.30. The summed E-state index contributed by atoms with van der Waals surface area (Å²) < 4.78 is 1.13. The molecule has 148 valence electrons. The van der Waals surface area contributed by atoms with E-state index < -0.39 is 0 Å². The van der Waals surface area contributed by atoms with E-state index in [4.69, 9.17) is 4.98 Å². The number of anilines is 1. The van der Waals surface area contributed by atoms with E-state index in [1.165, 1.54) is 19.3 Å². The molecule has 1 amide bonds. The normalized spacial score (nSPS) is 30.0. The van der Waals surface area contributed by atoms with E-state index in [2.05, 4.69) is 11.1 Å². The number of hydrogen-bond donors (Lipinski definition) is 0. The number of carbonyl (C=O) groups is 1. The Bertz CT molecular complexity index is 992. The molecule has 7 rings (SSSR count). The topological polar surface area (TPSA) is 46.1 Å². The van der Waals surface area contributed by atoms with Crippen LogP contribution in [0.4, 0.5) is 5.13 Å². The van der Waals surface area contributed by atoms with Crippen LogP contribution in [-0.2, 0) is 11.3 Å². The van der Waals surface area contributed by atoms with E-state index in [1.54, 1.807) is 17.5 Å². The van der Waals surface area contributed by atoms with Crippen LogP contribution in [0.15, 0.2) is 48.7 Å². The fourth-order valence-electron chi connectivity index (χ4n) is 6.51. The molecule has 4 nitrogen and oxygen atoms in total. The van der Waals surface area contributed by atoms with Crippen molar-refractivity contribution in [1.29, 1.82) is 0 Å². The number of hydrogen-bond acceptors (Lipinski definition) is 4. The van der Waals surface area contributed by atoms with Crippen molar-refractivity contribution in [3.8, 4) is 0 Å². The second-order valence-electron chi connectivity index (χ2n) is 9.37. The second kappa shape index (κ2) is 6.63. The highest BCUT2D eigenvalue weighted by molar-refractivity contribution is 7.22. The molecule has 0 unspecified atom stereocenters. The highest BCUT2D eigenvalue weighted by atomic mass is 32.1. The van der Waals surface area contributed by atoms with Crippen LogP contribution in [0.3, 0.4) is 0 Å². The van der Waals surface area contributed by atoms with Gasteiger partial charge in [0.1, 0.15) is 0 Å². The standard InChI is InChI=1S/C24H25N3OS/c28-22(24-12-16-9-17(13-24)11-18(10-16)14-24)27(15-19-5-3-4-8-25-19)23-26-20-6-1-2-7-21(20)29-23/h1-8,16-18H,9-15H2. The van der Waals surface area contributed by atoms with E-state index in [0.717, 1.165) is 58.1 Å². The van der Waals surface area contributed by atoms with Crippen LogP contribution < -0.4 is 4.90 Å². The number of rotatable bonds is 4. The Kier molecular flexibility index (Phi) is 4.02. The van der Waals surface area contributed by atoms with E-state index in [9.17, 15) is 4.79 Å². The molecule has 29 heavy (non-hydrogen) atoms. The summed E-state index contributed by atoms with van der Waals surface area (Å²) in [5.41, 5.74) is 1.71. The van der Waals surface area contributed by atoms with E-state index >= 15 is 0 Å². The molecule has 3 aromatic rings. The predicted octanol–water partition coefficient (Wildman–Crippen LogP) is 5.44. The Morgan fingerprint density at radius 1 is 1.00 bits per heavy atom. The minimum Gasteiger partial charge on any atom is -0.282 e. The van der Waals surface area contributed by atoms with Crippen molar-refractivity contribution in [2.45, 2.75) is 45.1 Å². The van der Waals surface area contributed by atoms with Crippen molar-refractivity contribution < 1.29 is 4.79 Å². The monoisotopic (exact) mass is 403 g/mol. The van der Waals surface area contributed by atoms with Crippen molar-refractivity contribution >= 4 is 32.6 Å². The van der Waals surface area contributed by atoms with Crippen molar-refractivity contribution in [1.82, 2.24) is 9.97 Å². The van der Waals surface area contributed by atoms with Gasteiger partial charge >= 0.3 is 0 Å². The molecule has 0 radical (unpaired) electrons. The molecule has 2 heterocycles. The summed E-state index contributed by atoms with van der Waals surface area (Å²) in [6, 6.07) is 14.1. The molecule has 0 aliphatic heterocycles. The highest BCUT2D eigenvalue weighted by Crippen LogP contribution is 2.60. The predicted molar refractivity (Wildman–Crippen MR) is 116 cm³/mol. The van der Waals surface area contributed by atoms with E-state index in [1.807, 2.05) is 41.3 Å². The Labute approximate surface area is 175 Å².